The van der Waals surface area contributed by atoms with E-state index in [0.717, 1.165) is 29.0 Å². The SMILES string of the molecule is COc1cccc(CCC2=N/C(=C/c3ccc(N(C)C)cc3)C(=O)O2)c1. The van der Waals surface area contributed by atoms with E-state index in [0.29, 0.717) is 18.0 Å². The highest BCUT2D eigenvalue weighted by atomic mass is 16.6. The summed E-state index contributed by atoms with van der Waals surface area (Å²) in [5, 5.41) is 0. The molecule has 0 atom stereocenters. The number of hydrogen-bond acceptors (Lipinski definition) is 5. The summed E-state index contributed by atoms with van der Waals surface area (Å²) in [6.45, 7) is 0. The van der Waals surface area contributed by atoms with Crippen LogP contribution in [0.3, 0.4) is 0 Å². The van der Waals surface area contributed by atoms with Crippen molar-refractivity contribution in [2.24, 2.45) is 4.99 Å². The summed E-state index contributed by atoms with van der Waals surface area (Å²) in [6, 6.07) is 15.8. The summed E-state index contributed by atoms with van der Waals surface area (Å²) in [5.74, 6) is 0.867. The number of nitrogens with zero attached hydrogens (tertiary/aromatic N) is 2. The normalized spacial score (nSPS) is 15.0. The number of methoxy groups -OCH3 is 1. The Bertz CT molecular complexity index is 852. The van der Waals surface area contributed by atoms with Gasteiger partial charge in [0.15, 0.2) is 11.6 Å². The predicted octanol–water partition coefficient (Wildman–Crippen LogP) is 3.69. The van der Waals surface area contributed by atoms with Crippen molar-refractivity contribution in [1.82, 2.24) is 0 Å². The molecule has 1 aliphatic heterocycles. The van der Waals surface area contributed by atoms with Gasteiger partial charge in [-0.3, -0.25) is 0 Å². The number of aliphatic imine (C=N–C) groups is 1. The minimum atomic E-state index is -0.401. The molecule has 0 saturated carbocycles. The zero-order valence-corrected chi connectivity index (χ0v) is 15.2. The topological polar surface area (TPSA) is 51.1 Å². The van der Waals surface area contributed by atoms with E-state index in [-0.39, 0.29) is 0 Å². The summed E-state index contributed by atoms with van der Waals surface area (Å²) in [4.78, 5) is 18.4. The summed E-state index contributed by atoms with van der Waals surface area (Å²) >= 11 is 0. The van der Waals surface area contributed by atoms with Crippen LogP contribution < -0.4 is 9.64 Å². The quantitative estimate of drug-likeness (QED) is 0.589. The van der Waals surface area contributed by atoms with E-state index >= 15 is 0 Å². The molecule has 134 valence electrons. The Kier molecular flexibility index (Phi) is 5.37. The molecule has 0 amide bonds. The smallest absolute Gasteiger partial charge is 0.363 e. The monoisotopic (exact) mass is 350 g/mol. The van der Waals surface area contributed by atoms with E-state index < -0.39 is 5.97 Å². The van der Waals surface area contributed by atoms with Crippen molar-refractivity contribution in [2.75, 3.05) is 26.1 Å². The third kappa shape index (κ3) is 4.30. The number of carbonyl (C=O) groups excluding carboxylic acids is 1. The van der Waals surface area contributed by atoms with Crippen LogP contribution in [0.4, 0.5) is 5.69 Å². The van der Waals surface area contributed by atoms with Crippen molar-refractivity contribution in [2.45, 2.75) is 12.8 Å². The zero-order chi connectivity index (χ0) is 18.5. The number of anilines is 1. The van der Waals surface area contributed by atoms with Gasteiger partial charge in [-0.15, -0.1) is 0 Å². The molecule has 0 saturated heterocycles. The fourth-order valence-corrected chi connectivity index (χ4v) is 2.67. The number of benzene rings is 2. The van der Waals surface area contributed by atoms with Gasteiger partial charge >= 0.3 is 5.97 Å². The fraction of sp³-hybridized carbons (Fsp3) is 0.238. The first-order chi connectivity index (χ1) is 12.5. The van der Waals surface area contributed by atoms with Crippen molar-refractivity contribution in [3.63, 3.8) is 0 Å². The van der Waals surface area contributed by atoms with E-state index in [1.807, 2.05) is 67.5 Å². The fourth-order valence-electron chi connectivity index (χ4n) is 2.67. The molecule has 2 aromatic carbocycles. The molecule has 0 spiro atoms. The second-order valence-corrected chi connectivity index (χ2v) is 6.26. The lowest BCUT2D eigenvalue weighted by molar-refractivity contribution is -0.130. The third-order valence-electron chi connectivity index (χ3n) is 4.14. The minimum absolute atomic E-state index is 0.336. The maximum absolute atomic E-state index is 12.0. The molecule has 0 aromatic heterocycles. The molecule has 5 heteroatoms. The molecule has 1 heterocycles. The molecule has 0 N–H and O–H groups in total. The molecule has 3 rings (SSSR count). The van der Waals surface area contributed by atoms with Crippen LogP contribution in [0.2, 0.25) is 0 Å². The lowest BCUT2D eigenvalue weighted by Gasteiger charge is -2.11. The Hall–Kier alpha value is -3.08. The van der Waals surface area contributed by atoms with Crippen molar-refractivity contribution in [1.29, 1.82) is 0 Å². The second kappa shape index (κ2) is 7.87. The highest BCUT2D eigenvalue weighted by molar-refractivity contribution is 6.07. The number of aryl methyl sites for hydroxylation is 1. The van der Waals surface area contributed by atoms with Crippen LogP contribution in [0.15, 0.2) is 59.2 Å². The Morgan fingerprint density at radius 2 is 1.88 bits per heavy atom. The van der Waals surface area contributed by atoms with Gasteiger partial charge in [0.25, 0.3) is 0 Å². The van der Waals surface area contributed by atoms with Crippen LogP contribution >= 0.6 is 0 Å². The van der Waals surface area contributed by atoms with Crippen LogP contribution in [-0.4, -0.2) is 33.1 Å². The number of ether oxygens (including phenoxy) is 2. The number of hydrogen-bond donors (Lipinski definition) is 0. The summed E-state index contributed by atoms with van der Waals surface area (Å²) in [7, 11) is 5.62. The Balaban J connectivity index is 1.68. The molecule has 0 bridgehead atoms. The van der Waals surface area contributed by atoms with Gasteiger partial charge in [0.2, 0.25) is 0 Å². The van der Waals surface area contributed by atoms with Crippen molar-refractivity contribution in [3.05, 3.63) is 65.4 Å². The van der Waals surface area contributed by atoms with Crippen LogP contribution in [0.25, 0.3) is 6.08 Å². The maximum Gasteiger partial charge on any atom is 0.363 e. The first kappa shape index (κ1) is 17.7. The second-order valence-electron chi connectivity index (χ2n) is 6.26. The average molecular weight is 350 g/mol. The Morgan fingerprint density at radius 1 is 1.12 bits per heavy atom. The van der Waals surface area contributed by atoms with Gasteiger partial charge < -0.3 is 14.4 Å². The van der Waals surface area contributed by atoms with Crippen LogP contribution in [0.1, 0.15) is 17.5 Å². The van der Waals surface area contributed by atoms with Crippen LogP contribution in [0, 0.1) is 0 Å². The molecule has 0 fully saturated rings. The third-order valence-corrected chi connectivity index (χ3v) is 4.14. The van der Waals surface area contributed by atoms with Crippen molar-refractivity contribution < 1.29 is 14.3 Å². The van der Waals surface area contributed by atoms with Gasteiger partial charge in [-0.05, 0) is 47.9 Å². The van der Waals surface area contributed by atoms with E-state index in [2.05, 4.69) is 4.99 Å². The van der Waals surface area contributed by atoms with Crippen LogP contribution in [-0.2, 0) is 16.0 Å². The lowest BCUT2D eigenvalue weighted by atomic mass is 10.1. The highest BCUT2D eigenvalue weighted by Crippen LogP contribution is 2.20. The number of esters is 1. The van der Waals surface area contributed by atoms with Crippen LogP contribution in [0.5, 0.6) is 5.75 Å². The number of cyclic esters (lactones) is 1. The van der Waals surface area contributed by atoms with Gasteiger partial charge in [-0.2, -0.15) is 0 Å². The minimum Gasteiger partial charge on any atom is -0.497 e. The largest absolute Gasteiger partial charge is 0.497 e. The summed E-state index contributed by atoms with van der Waals surface area (Å²) in [6.07, 6.45) is 3.05. The molecule has 0 radical (unpaired) electrons. The Labute approximate surface area is 153 Å². The molecular formula is C21H22N2O3. The number of carbonyl (C=O) groups is 1. The average Bonchev–Trinajstić information content (AvgIpc) is 3.00. The molecular weight excluding hydrogens is 328 g/mol. The summed E-state index contributed by atoms with van der Waals surface area (Å²) < 4.78 is 10.5. The Morgan fingerprint density at radius 3 is 2.58 bits per heavy atom. The van der Waals surface area contributed by atoms with Gasteiger partial charge in [0.1, 0.15) is 5.75 Å². The molecule has 2 aromatic rings. The molecule has 26 heavy (non-hydrogen) atoms. The molecule has 5 nitrogen and oxygen atoms in total. The van der Waals surface area contributed by atoms with E-state index in [9.17, 15) is 4.79 Å². The highest BCUT2D eigenvalue weighted by Gasteiger charge is 2.22. The van der Waals surface area contributed by atoms with Gasteiger partial charge in [0, 0.05) is 26.2 Å². The molecule has 1 aliphatic rings. The molecule has 0 unspecified atom stereocenters. The van der Waals surface area contributed by atoms with Gasteiger partial charge in [-0.25, -0.2) is 9.79 Å². The lowest BCUT2D eigenvalue weighted by Crippen LogP contribution is -2.08. The number of rotatable bonds is 6. The van der Waals surface area contributed by atoms with E-state index in [1.54, 1.807) is 13.2 Å². The van der Waals surface area contributed by atoms with Crippen molar-refractivity contribution in [3.8, 4) is 5.75 Å². The van der Waals surface area contributed by atoms with E-state index in [4.69, 9.17) is 9.47 Å². The van der Waals surface area contributed by atoms with Gasteiger partial charge in [-0.1, -0.05) is 24.3 Å². The van der Waals surface area contributed by atoms with E-state index in [1.165, 1.54) is 0 Å². The zero-order valence-electron chi connectivity index (χ0n) is 15.2. The maximum atomic E-state index is 12.0. The van der Waals surface area contributed by atoms with Gasteiger partial charge in [0.05, 0.1) is 7.11 Å². The van der Waals surface area contributed by atoms with Crippen molar-refractivity contribution >= 4 is 23.6 Å². The first-order valence-corrected chi connectivity index (χ1v) is 8.47. The predicted molar refractivity (Wildman–Crippen MR) is 104 cm³/mol. The molecule has 0 aliphatic carbocycles. The standard InChI is InChI=1S/C21H22N2O3/c1-23(2)17-10-7-16(8-11-17)14-19-21(24)26-20(22-19)12-9-15-5-4-6-18(13-15)25-3/h4-8,10-11,13-14H,9,12H2,1-3H3/b19-14+. The first-order valence-electron chi connectivity index (χ1n) is 8.47. The summed E-state index contributed by atoms with van der Waals surface area (Å²) in [5.41, 5.74) is 3.46.